The topological polar surface area (TPSA) is 267 Å². The number of aromatic nitrogens is 1. The van der Waals surface area contributed by atoms with Gasteiger partial charge in [0.2, 0.25) is 23.6 Å². The number of carbonyl (C=O) groups excluding carboxylic acids is 5. The van der Waals surface area contributed by atoms with Crippen LogP contribution in [-0.2, 0) is 43.8 Å². The van der Waals surface area contributed by atoms with Crippen LogP contribution in [0.1, 0.15) is 119 Å². The van der Waals surface area contributed by atoms with Gasteiger partial charge in [-0.1, -0.05) is 99.5 Å². The summed E-state index contributed by atoms with van der Waals surface area (Å²) in [4.78, 5) is 88.9. The van der Waals surface area contributed by atoms with Crippen molar-refractivity contribution < 1.29 is 63.8 Å². The predicted molar refractivity (Wildman–Crippen MR) is 439 cm³/mol. The van der Waals surface area contributed by atoms with Crippen molar-refractivity contribution in [3.05, 3.63) is 160 Å². The van der Waals surface area contributed by atoms with Gasteiger partial charge in [-0.3, -0.25) is 43.6 Å². The van der Waals surface area contributed by atoms with Gasteiger partial charge in [-0.15, -0.1) is 23.1 Å². The molecule has 114 heavy (non-hydrogen) atoms. The summed E-state index contributed by atoms with van der Waals surface area (Å²) in [5.41, 5.74) is 2.35. The first-order valence-electron chi connectivity index (χ1n) is 39.4. The van der Waals surface area contributed by atoms with Gasteiger partial charge in [-0.25, -0.2) is 26.5 Å². The molecular formula is C83H106ClF3N12O11S4. The smallest absolute Gasteiger partial charge is 0.391 e. The Morgan fingerprint density at radius 3 is 2.10 bits per heavy atom. The maximum atomic E-state index is 14.5. The fourth-order valence-electron chi connectivity index (χ4n) is 16.4. The summed E-state index contributed by atoms with van der Waals surface area (Å²) < 4.78 is 105. The third kappa shape index (κ3) is 22.0. The third-order valence-corrected chi connectivity index (χ3v) is 28.2. The van der Waals surface area contributed by atoms with E-state index in [9.17, 15) is 59.1 Å². The van der Waals surface area contributed by atoms with E-state index in [0.717, 1.165) is 121 Å². The summed E-state index contributed by atoms with van der Waals surface area (Å²) in [7, 11) is -11.0. The summed E-state index contributed by atoms with van der Waals surface area (Å²) in [5, 5.41) is 20.6. The fourth-order valence-corrected chi connectivity index (χ4v) is 20.3. The molecular weight excluding hydrogens is 1560 g/mol. The zero-order valence-corrected chi connectivity index (χ0v) is 69.7. The second-order valence-electron chi connectivity index (χ2n) is 32.6. The van der Waals surface area contributed by atoms with Crippen LogP contribution < -0.4 is 25.6 Å². The highest BCUT2D eigenvalue weighted by Crippen LogP contribution is 2.45. The highest BCUT2D eigenvalue weighted by Gasteiger charge is 2.49. The van der Waals surface area contributed by atoms with Gasteiger partial charge in [-0.05, 0) is 171 Å². The number of aliphatic hydroxyl groups is 1. The first-order valence-corrected chi connectivity index (χ1v) is 44.6. The number of nitrogens with zero attached hydrogens (tertiary/aromatic N) is 8. The molecule has 5 saturated heterocycles. The summed E-state index contributed by atoms with van der Waals surface area (Å²) in [5.74, 6) is -1.49. The Morgan fingerprint density at radius 1 is 0.781 bits per heavy atom. The molecule has 6 atom stereocenters. The van der Waals surface area contributed by atoms with Crippen molar-refractivity contribution in [2.75, 3.05) is 140 Å². The number of morpholine rings is 1. The van der Waals surface area contributed by atoms with Crippen molar-refractivity contribution in [1.29, 1.82) is 0 Å². The van der Waals surface area contributed by atoms with Crippen LogP contribution in [0.4, 0.5) is 24.5 Å². The van der Waals surface area contributed by atoms with E-state index in [-0.39, 0.29) is 60.2 Å². The number of sulfone groups is 1. The van der Waals surface area contributed by atoms with E-state index in [1.807, 2.05) is 116 Å². The number of piperazine rings is 2. The molecule has 1 aliphatic carbocycles. The van der Waals surface area contributed by atoms with Gasteiger partial charge in [0.05, 0.1) is 58.6 Å². The number of nitrogens with one attached hydrogen (secondary N) is 4. The number of anilines is 2. The van der Waals surface area contributed by atoms with Crippen molar-refractivity contribution in [3.63, 3.8) is 0 Å². The first kappa shape index (κ1) is 85.9. The number of carbonyl (C=O) groups is 5. The van der Waals surface area contributed by atoms with Crippen LogP contribution in [0, 0.1) is 23.7 Å². The Kier molecular flexibility index (Phi) is 28.2. The lowest BCUT2D eigenvalue weighted by Crippen LogP contribution is -2.59. The standard InChI is InChI=1S/C83H106ClF3N12O11S4/c1-56(59-12-14-61(15-13-59)76-57(2)88-55-112-76)89-79(104)72-47-67(100)51-99(72)80(105)77(81(3,4)5)91-74(101)52-94-31-27-58(28-32-94)46-75(102)98-40-36-96(37-41-98)54-82(6)30-26-70(60-16-20-64(84)21-17-60)63(49-82)50-95-34-38-97(39-35-95)66-22-18-62(19-23-66)78(103)92-114(108,109)69-24-25-71(73(48-69)113(106,107)83(85,86)87)90-65(29-33-93-42-44-110-45-43-93)53-111-68-10-8-7-9-11-68/h7-25,48,55-56,58,65,67,72,77,90,100H,26-47,49-54H2,1-6H3,(H,89,104)(H,91,101)(H,92,103)/t56-,65?,67+,72-,77+,82?/m0/s1. The van der Waals surface area contributed by atoms with E-state index >= 15 is 0 Å². The number of β-amino-alcohol motifs (C(OH)–C–C–N with tert-alkyl or cyclic N) is 1. The number of amides is 5. The second kappa shape index (κ2) is 37.4. The molecule has 6 aromatic rings. The zero-order valence-electron chi connectivity index (χ0n) is 65.6. The SMILES string of the molecule is Cc1ncsc1-c1ccc([C@H](C)NC(=O)[C@@H]2C[C@@H](O)CN2C(=O)[C@@H](NC(=O)CN2CCC(CC(=O)N3CCN(CC4(C)CCC(c5ccc(Cl)cc5)=C(CN5CCN(c6ccc(C(=O)NS(=O)(=O)c7ccc(NC(CCN8CCOCC8)CSc8ccccc8)c(S(=O)(=O)C(F)(F)F)c7)cc6)CC5)C4)CC3)CC2)C(C)(C)C)cc1. The van der Waals surface area contributed by atoms with E-state index in [4.69, 9.17) is 16.3 Å². The molecule has 5 aromatic carbocycles. The summed E-state index contributed by atoms with van der Waals surface area (Å²) in [6.07, 6.45) is 4.31. The molecule has 6 aliphatic rings. The Morgan fingerprint density at radius 2 is 1.45 bits per heavy atom. The summed E-state index contributed by atoms with van der Waals surface area (Å²) >= 11 is 9.42. The van der Waals surface area contributed by atoms with Crippen LogP contribution in [0.2, 0.25) is 5.02 Å². The maximum Gasteiger partial charge on any atom is 0.501 e. The molecule has 6 heterocycles. The van der Waals surface area contributed by atoms with E-state index in [2.05, 4.69) is 64.5 Å². The first-order chi connectivity index (χ1) is 54.2. The van der Waals surface area contributed by atoms with Crippen LogP contribution >= 0.6 is 34.7 Å². The maximum absolute atomic E-state index is 14.5. The van der Waals surface area contributed by atoms with Gasteiger partial charge in [0.1, 0.15) is 17.0 Å². The molecule has 5 N–H and O–H groups in total. The number of aryl methyl sites for hydroxylation is 1. The van der Waals surface area contributed by atoms with Crippen LogP contribution in [0.5, 0.6) is 0 Å². The quantitative estimate of drug-likeness (QED) is 0.0286. The number of aliphatic hydroxyl groups excluding tert-OH is 1. The number of piperidine rings is 1. The van der Waals surface area contributed by atoms with Gasteiger partial charge in [-0.2, -0.15) is 13.2 Å². The molecule has 1 aromatic heterocycles. The van der Waals surface area contributed by atoms with Gasteiger partial charge in [0.25, 0.3) is 25.8 Å². The van der Waals surface area contributed by atoms with Gasteiger partial charge in [0.15, 0.2) is 0 Å². The van der Waals surface area contributed by atoms with E-state index in [0.29, 0.717) is 102 Å². The molecule has 5 fully saturated rings. The minimum absolute atomic E-state index is 0.0274. The summed E-state index contributed by atoms with van der Waals surface area (Å²) in [6.45, 7) is 23.3. The van der Waals surface area contributed by atoms with Crippen molar-refractivity contribution in [3.8, 4) is 10.4 Å². The number of rotatable bonds is 28. The molecule has 31 heteroatoms. The predicted octanol–water partition coefficient (Wildman–Crippen LogP) is 10.9. The molecule has 23 nitrogen and oxygen atoms in total. The van der Waals surface area contributed by atoms with Crippen LogP contribution in [0.25, 0.3) is 16.0 Å². The molecule has 0 spiro atoms. The number of hydrogen-bond acceptors (Lipinski definition) is 20. The van der Waals surface area contributed by atoms with E-state index in [1.54, 1.807) is 23.5 Å². The van der Waals surface area contributed by atoms with Gasteiger partial charge in [0, 0.05) is 137 Å². The van der Waals surface area contributed by atoms with Crippen LogP contribution in [0.15, 0.2) is 147 Å². The van der Waals surface area contributed by atoms with Crippen LogP contribution in [-0.4, -0.2) is 246 Å². The van der Waals surface area contributed by atoms with Crippen molar-refractivity contribution in [2.24, 2.45) is 16.7 Å². The molecule has 0 bridgehead atoms. The molecule has 2 unspecified atom stereocenters. The number of halogens is 4. The monoisotopic (exact) mass is 1670 g/mol. The molecule has 0 saturated carbocycles. The highest BCUT2D eigenvalue weighted by molar-refractivity contribution is 7.99. The number of ether oxygens (including phenoxy) is 1. The number of alkyl halides is 3. The second-order valence-corrected chi connectivity index (χ2v) is 38.6. The highest BCUT2D eigenvalue weighted by atomic mass is 35.5. The average Bonchev–Trinajstić information content (AvgIpc) is 0.957. The van der Waals surface area contributed by atoms with E-state index in [1.165, 1.54) is 39.9 Å². The van der Waals surface area contributed by atoms with Crippen molar-refractivity contribution >= 4 is 101 Å². The molecule has 0 radical (unpaired) electrons. The Hall–Kier alpha value is -7.49. The number of likely N-dealkylation sites (tertiary alicyclic amines) is 2. The Labute approximate surface area is 681 Å². The van der Waals surface area contributed by atoms with E-state index < -0.39 is 82.3 Å². The molecule has 616 valence electrons. The summed E-state index contributed by atoms with van der Waals surface area (Å²) in [6, 6.07) is 31.3. The lowest BCUT2D eigenvalue weighted by atomic mass is 9.71. The Bertz CT molecular complexity index is 4610. The minimum Gasteiger partial charge on any atom is -0.391 e. The van der Waals surface area contributed by atoms with Gasteiger partial charge >= 0.3 is 5.51 Å². The third-order valence-electron chi connectivity index (χ3n) is 23.0. The van der Waals surface area contributed by atoms with Gasteiger partial charge < -0.3 is 40.5 Å². The Balaban J connectivity index is 0.593. The number of allylic oxidation sites excluding steroid dienone is 1. The van der Waals surface area contributed by atoms with Crippen LogP contribution in [0.3, 0.4) is 0 Å². The average molecular weight is 1670 g/mol. The lowest BCUT2D eigenvalue weighted by Gasteiger charge is -2.44. The molecule has 5 aliphatic heterocycles. The number of benzene rings is 5. The number of thioether (sulfide) groups is 1. The van der Waals surface area contributed by atoms with Crippen molar-refractivity contribution in [1.82, 2.24) is 49.7 Å². The molecule has 12 rings (SSSR count). The number of sulfonamides is 1. The molecule has 5 amide bonds. The largest absolute Gasteiger partial charge is 0.501 e. The lowest BCUT2D eigenvalue weighted by molar-refractivity contribution is -0.144. The fraction of sp³-hybridized carbons (Fsp3) is 0.518. The zero-order chi connectivity index (χ0) is 81.3. The number of hydrogen-bond donors (Lipinski definition) is 5. The normalized spacial score (nSPS) is 21.1. The van der Waals surface area contributed by atoms with Crippen molar-refractivity contribution in [2.45, 2.75) is 143 Å². The minimum atomic E-state index is -6.11. The number of thiazole rings is 1.